The molecule has 0 spiro atoms. The molecule has 31 heavy (non-hydrogen) atoms. The highest BCUT2D eigenvalue weighted by Gasteiger charge is 2.51. The lowest BCUT2D eigenvalue weighted by atomic mass is 9.53. The van der Waals surface area contributed by atoms with Crippen LogP contribution in [0.5, 0.6) is 0 Å². The molecule has 1 aromatic carbocycles. The second-order valence-corrected chi connectivity index (χ2v) is 10.3. The third kappa shape index (κ3) is 5.16. The molecule has 6 nitrogen and oxygen atoms in total. The molecular weight excluding hydrogens is 388 g/mol. The van der Waals surface area contributed by atoms with Crippen LogP contribution in [0.1, 0.15) is 57.4 Å². The Morgan fingerprint density at radius 2 is 1.58 bits per heavy atom. The zero-order chi connectivity index (χ0) is 22.0. The van der Waals surface area contributed by atoms with E-state index in [2.05, 4.69) is 39.8 Å². The first-order chi connectivity index (χ1) is 14.9. The highest BCUT2D eigenvalue weighted by Crippen LogP contribution is 2.55. The summed E-state index contributed by atoms with van der Waals surface area (Å²) in [6, 6.07) is 8.19. The van der Waals surface area contributed by atoms with E-state index in [-0.39, 0.29) is 17.5 Å². The maximum absolute atomic E-state index is 12.7. The van der Waals surface area contributed by atoms with E-state index in [9.17, 15) is 9.59 Å². The molecule has 0 atom stereocenters. The zero-order valence-corrected chi connectivity index (χ0v) is 19.3. The van der Waals surface area contributed by atoms with Crippen molar-refractivity contribution in [1.82, 2.24) is 15.5 Å². The lowest BCUT2D eigenvalue weighted by Gasteiger charge is -2.56. The van der Waals surface area contributed by atoms with E-state index in [0.29, 0.717) is 26.1 Å². The normalized spacial score (nSPS) is 28.3. The van der Waals surface area contributed by atoms with Crippen LogP contribution in [-0.4, -0.2) is 49.6 Å². The molecule has 4 saturated carbocycles. The maximum Gasteiger partial charge on any atom is 0.315 e. The maximum atomic E-state index is 12.7. The monoisotopic (exact) mass is 426 g/mol. The van der Waals surface area contributed by atoms with Crippen molar-refractivity contribution in [2.75, 3.05) is 32.1 Å². The number of carbonyl (C=O) groups is 2. The number of anilines is 1. The van der Waals surface area contributed by atoms with Crippen LogP contribution in [0.15, 0.2) is 24.3 Å². The van der Waals surface area contributed by atoms with Crippen LogP contribution in [-0.2, 0) is 11.3 Å². The molecule has 0 unspecified atom stereocenters. The van der Waals surface area contributed by atoms with Crippen LogP contribution in [0.25, 0.3) is 0 Å². The SMILES string of the molecule is CCN(Cc1ccc(N(C)C)cc1)C(=O)CCNC(=O)NC12CC3CC(CC(C3)C1)C2. The summed E-state index contributed by atoms with van der Waals surface area (Å²) in [5, 5.41) is 6.27. The minimum absolute atomic E-state index is 0.0109. The molecule has 6 heteroatoms. The fourth-order valence-electron chi connectivity index (χ4n) is 6.49. The smallest absolute Gasteiger partial charge is 0.315 e. The van der Waals surface area contributed by atoms with E-state index < -0.39 is 0 Å². The van der Waals surface area contributed by atoms with Crippen molar-refractivity contribution >= 4 is 17.6 Å². The second kappa shape index (κ2) is 9.09. The Bertz CT molecular complexity index is 754. The summed E-state index contributed by atoms with van der Waals surface area (Å²) >= 11 is 0. The third-order valence-corrected chi connectivity index (χ3v) is 7.60. The van der Waals surface area contributed by atoms with Crippen molar-refractivity contribution in [3.05, 3.63) is 29.8 Å². The fraction of sp³-hybridized carbons (Fsp3) is 0.680. The van der Waals surface area contributed by atoms with Gasteiger partial charge in [0.15, 0.2) is 0 Å². The second-order valence-electron chi connectivity index (χ2n) is 10.3. The lowest BCUT2D eigenvalue weighted by Crippen LogP contribution is -2.61. The summed E-state index contributed by atoms with van der Waals surface area (Å²) in [6.07, 6.45) is 7.84. The van der Waals surface area contributed by atoms with Crippen molar-refractivity contribution in [3.8, 4) is 0 Å². The molecule has 0 saturated heterocycles. The van der Waals surface area contributed by atoms with Crippen molar-refractivity contribution in [2.45, 2.75) is 64.0 Å². The van der Waals surface area contributed by atoms with Gasteiger partial charge in [-0.05, 0) is 80.9 Å². The first-order valence-corrected chi connectivity index (χ1v) is 12.0. The zero-order valence-electron chi connectivity index (χ0n) is 19.3. The first-order valence-electron chi connectivity index (χ1n) is 12.0. The van der Waals surface area contributed by atoms with E-state index in [1.165, 1.54) is 19.3 Å². The molecule has 5 rings (SSSR count). The van der Waals surface area contributed by atoms with Gasteiger partial charge in [0.25, 0.3) is 0 Å². The quantitative estimate of drug-likeness (QED) is 0.665. The third-order valence-electron chi connectivity index (χ3n) is 7.60. The number of amides is 3. The Kier molecular flexibility index (Phi) is 6.44. The van der Waals surface area contributed by atoms with Crippen LogP contribution in [0.4, 0.5) is 10.5 Å². The number of benzene rings is 1. The Balaban J connectivity index is 1.22. The predicted octanol–water partition coefficient (Wildman–Crippen LogP) is 3.76. The van der Waals surface area contributed by atoms with Gasteiger partial charge in [-0.1, -0.05) is 12.1 Å². The number of nitrogens with zero attached hydrogens (tertiary/aromatic N) is 2. The standard InChI is InChI=1S/C25H38N4O2/c1-4-29(17-18-5-7-22(8-6-18)28(2)3)23(30)9-10-26-24(31)27-25-14-19-11-20(15-25)13-21(12-19)16-25/h5-8,19-21H,4,9-17H2,1-3H3,(H2,26,27,31). The molecule has 1 aromatic rings. The highest BCUT2D eigenvalue weighted by molar-refractivity contribution is 5.78. The Labute approximate surface area is 186 Å². The molecule has 0 heterocycles. The summed E-state index contributed by atoms with van der Waals surface area (Å²) in [4.78, 5) is 29.2. The molecule has 4 bridgehead atoms. The van der Waals surface area contributed by atoms with Crippen molar-refractivity contribution in [1.29, 1.82) is 0 Å². The Morgan fingerprint density at radius 1 is 1.00 bits per heavy atom. The molecule has 4 fully saturated rings. The topological polar surface area (TPSA) is 64.7 Å². The first kappa shape index (κ1) is 22.0. The van der Waals surface area contributed by atoms with E-state index in [1.54, 1.807) is 0 Å². The molecule has 4 aliphatic carbocycles. The summed E-state index contributed by atoms with van der Waals surface area (Å²) in [7, 11) is 4.03. The fourth-order valence-corrected chi connectivity index (χ4v) is 6.49. The molecule has 0 aliphatic heterocycles. The van der Waals surface area contributed by atoms with Gasteiger partial charge in [0.2, 0.25) is 5.91 Å². The van der Waals surface area contributed by atoms with Crippen molar-refractivity contribution in [3.63, 3.8) is 0 Å². The van der Waals surface area contributed by atoms with E-state index in [4.69, 9.17) is 0 Å². The van der Waals surface area contributed by atoms with E-state index in [0.717, 1.165) is 48.3 Å². The highest BCUT2D eigenvalue weighted by atomic mass is 16.2. The Hall–Kier alpha value is -2.24. The van der Waals surface area contributed by atoms with E-state index in [1.807, 2.05) is 25.9 Å². The largest absolute Gasteiger partial charge is 0.378 e. The van der Waals surface area contributed by atoms with Gasteiger partial charge in [-0.15, -0.1) is 0 Å². The molecule has 2 N–H and O–H groups in total. The number of urea groups is 1. The molecule has 3 amide bonds. The molecule has 0 aromatic heterocycles. The molecule has 170 valence electrons. The van der Waals surface area contributed by atoms with Crippen molar-refractivity contribution < 1.29 is 9.59 Å². The van der Waals surface area contributed by atoms with E-state index >= 15 is 0 Å². The minimum atomic E-state index is -0.0999. The number of rotatable bonds is 8. The summed E-state index contributed by atoms with van der Waals surface area (Å²) < 4.78 is 0. The van der Waals surface area contributed by atoms with Gasteiger partial charge in [-0.25, -0.2) is 4.79 Å². The van der Waals surface area contributed by atoms with Gasteiger partial charge >= 0.3 is 6.03 Å². The molecule has 0 radical (unpaired) electrons. The van der Waals surface area contributed by atoms with Crippen LogP contribution in [0.3, 0.4) is 0 Å². The molecular formula is C25H38N4O2. The predicted molar refractivity (Wildman–Crippen MR) is 124 cm³/mol. The van der Waals surface area contributed by atoms with Gasteiger partial charge in [0, 0.05) is 51.4 Å². The van der Waals surface area contributed by atoms with Gasteiger partial charge in [0.05, 0.1) is 0 Å². The lowest BCUT2D eigenvalue weighted by molar-refractivity contribution is -0.131. The van der Waals surface area contributed by atoms with Crippen LogP contribution in [0, 0.1) is 17.8 Å². The summed E-state index contributed by atoms with van der Waals surface area (Å²) in [6.45, 7) is 3.64. The van der Waals surface area contributed by atoms with Crippen LogP contribution >= 0.6 is 0 Å². The van der Waals surface area contributed by atoms with Crippen LogP contribution < -0.4 is 15.5 Å². The van der Waals surface area contributed by atoms with Gasteiger partial charge < -0.3 is 20.4 Å². The summed E-state index contributed by atoms with van der Waals surface area (Å²) in [5.41, 5.74) is 2.28. The average molecular weight is 427 g/mol. The number of nitrogens with one attached hydrogen (secondary N) is 2. The number of hydrogen-bond acceptors (Lipinski definition) is 3. The number of hydrogen-bond donors (Lipinski definition) is 2. The Morgan fingerprint density at radius 3 is 2.10 bits per heavy atom. The molecule has 4 aliphatic rings. The van der Waals surface area contributed by atoms with Gasteiger partial charge in [0.1, 0.15) is 0 Å². The minimum Gasteiger partial charge on any atom is -0.378 e. The van der Waals surface area contributed by atoms with Gasteiger partial charge in [-0.3, -0.25) is 4.79 Å². The van der Waals surface area contributed by atoms with Crippen LogP contribution in [0.2, 0.25) is 0 Å². The average Bonchev–Trinajstić information content (AvgIpc) is 2.70. The van der Waals surface area contributed by atoms with Gasteiger partial charge in [-0.2, -0.15) is 0 Å². The summed E-state index contributed by atoms with van der Waals surface area (Å²) in [5.74, 6) is 2.49. The number of carbonyl (C=O) groups excluding carboxylic acids is 2. The van der Waals surface area contributed by atoms with Crippen molar-refractivity contribution in [2.24, 2.45) is 17.8 Å².